The molecule has 1 saturated carbocycles. The van der Waals surface area contributed by atoms with Crippen LogP contribution in [-0.2, 0) is 0 Å². The summed E-state index contributed by atoms with van der Waals surface area (Å²) in [6.07, 6.45) is 4.41. The van der Waals surface area contributed by atoms with Crippen LogP contribution in [0.5, 0.6) is 0 Å². The molecule has 84 valence electrons. The van der Waals surface area contributed by atoms with Crippen molar-refractivity contribution in [3.05, 3.63) is 41.7 Å². The van der Waals surface area contributed by atoms with Crippen LogP contribution < -0.4 is 5.73 Å². The van der Waals surface area contributed by atoms with Crippen LogP contribution in [0.4, 0.5) is 5.69 Å². The Hall–Kier alpha value is -2.28. The molecule has 0 saturated heterocycles. The number of benzene rings is 1. The van der Waals surface area contributed by atoms with Gasteiger partial charge in [0.1, 0.15) is 6.07 Å². The molecule has 0 atom stereocenters. The maximum Gasteiger partial charge on any atom is 0.101 e. The third-order valence-corrected chi connectivity index (χ3v) is 3.03. The normalized spacial score (nSPS) is 14.5. The molecule has 1 heterocycles. The van der Waals surface area contributed by atoms with Crippen LogP contribution in [-0.4, -0.2) is 9.78 Å². The lowest BCUT2D eigenvalue weighted by atomic mass is 10.2. The second-order valence-corrected chi connectivity index (χ2v) is 4.34. The molecule has 4 heteroatoms. The average molecular weight is 224 g/mol. The number of aromatic nitrogens is 2. The summed E-state index contributed by atoms with van der Waals surface area (Å²) >= 11 is 0. The van der Waals surface area contributed by atoms with E-state index >= 15 is 0 Å². The molecule has 0 bridgehead atoms. The van der Waals surface area contributed by atoms with Gasteiger partial charge in [-0.2, -0.15) is 10.4 Å². The number of hydrogen-bond donors (Lipinski definition) is 1. The first kappa shape index (κ1) is 9.91. The van der Waals surface area contributed by atoms with Gasteiger partial charge in [-0.05, 0) is 37.1 Å². The van der Waals surface area contributed by atoms with Gasteiger partial charge in [0, 0.05) is 17.8 Å². The van der Waals surface area contributed by atoms with E-state index in [4.69, 9.17) is 11.0 Å². The fraction of sp³-hybridized carbons (Fsp3) is 0.231. The molecule has 0 aliphatic heterocycles. The van der Waals surface area contributed by atoms with Crippen molar-refractivity contribution in [3.8, 4) is 11.8 Å². The standard InChI is InChI=1S/C13H12N4/c14-8-10-7-11(3-4-12(10)15)17-6-5-13(16-17)9-1-2-9/h3-7,9H,1-2,15H2. The van der Waals surface area contributed by atoms with Crippen LogP contribution in [0, 0.1) is 11.3 Å². The Bertz CT molecular complexity index is 602. The van der Waals surface area contributed by atoms with Gasteiger partial charge in [0.2, 0.25) is 0 Å². The highest BCUT2D eigenvalue weighted by atomic mass is 15.3. The Kier molecular flexibility index (Phi) is 2.12. The van der Waals surface area contributed by atoms with E-state index in [9.17, 15) is 0 Å². The van der Waals surface area contributed by atoms with Crippen LogP contribution in [0.3, 0.4) is 0 Å². The fourth-order valence-corrected chi connectivity index (χ4v) is 1.86. The highest BCUT2D eigenvalue weighted by molar-refractivity contribution is 5.58. The highest BCUT2D eigenvalue weighted by Gasteiger charge is 2.25. The Morgan fingerprint density at radius 3 is 2.88 bits per heavy atom. The van der Waals surface area contributed by atoms with Gasteiger partial charge in [0.25, 0.3) is 0 Å². The van der Waals surface area contributed by atoms with Crippen LogP contribution >= 0.6 is 0 Å². The quantitative estimate of drug-likeness (QED) is 0.795. The van der Waals surface area contributed by atoms with Gasteiger partial charge in [0.05, 0.1) is 16.9 Å². The second-order valence-electron chi connectivity index (χ2n) is 4.34. The van der Waals surface area contributed by atoms with Gasteiger partial charge >= 0.3 is 0 Å². The highest BCUT2D eigenvalue weighted by Crippen LogP contribution is 2.39. The summed E-state index contributed by atoms with van der Waals surface area (Å²) in [4.78, 5) is 0. The van der Waals surface area contributed by atoms with Crippen molar-refractivity contribution in [2.24, 2.45) is 0 Å². The molecule has 1 aromatic carbocycles. The molecule has 0 spiro atoms. The summed E-state index contributed by atoms with van der Waals surface area (Å²) in [5, 5.41) is 13.4. The molecule has 1 fully saturated rings. The van der Waals surface area contributed by atoms with E-state index in [-0.39, 0.29) is 0 Å². The van der Waals surface area contributed by atoms with E-state index in [0.717, 1.165) is 11.4 Å². The SMILES string of the molecule is N#Cc1cc(-n2ccc(C3CC3)n2)ccc1N. The number of nitrogens with zero attached hydrogens (tertiary/aromatic N) is 3. The van der Waals surface area contributed by atoms with Gasteiger partial charge in [-0.1, -0.05) is 0 Å². The average Bonchev–Trinajstić information content (AvgIpc) is 3.08. The van der Waals surface area contributed by atoms with Crippen molar-refractivity contribution in [2.45, 2.75) is 18.8 Å². The molecule has 2 aromatic rings. The molecule has 1 aliphatic carbocycles. The molecule has 2 N–H and O–H groups in total. The number of nitrogen functional groups attached to an aromatic ring is 1. The first-order valence-corrected chi connectivity index (χ1v) is 5.63. The number of nitrogens with two attached hydrogens (primary N) is 1. The maximum atomic E-state index is 8.93. The van der Waals surface area contributed by atoms with E-state index in [1.807, 2.05) is 18.3 Å². The van der Waals surface area contributed by atoms with Crippen molar-refractivity contribution in [1.82, 2.24) is 9.78 Å². The Labute approximate surface area is 99.3 Å². The predicted molar refractivity (Wildman–Crippen MR) is 64.7 cm³/mol. The molecule has 0 amide bonds. The number of rotatable bonds is 2. The summed E-state index contributed by atoms with van der Waals surface area (Å²) in [6.45, 7) is 0. The molecular formula is C13H12N4. The fourth-order valence-electron chi connectivity index (χ4n) is 1.86. The summed E-state index contributed by atoms with van der Waals surface area (Å²) in [6, 6.07) is 9.50. The first-order chi connectivity index (χ1) is 8.28. The third-order valence-electron chi connectivity index (χ3n) is 3.03. The Morgan fingerprint density at radius 2 is 2.18 bits per heavy atom. The summed E-state index contributed by atoms with van der Waals surface area (Å²) in [5.41, 5.74) is 8.70. The predicted octanol–water partition coefficient (Wildman–Crippen LogP) is 2.20. The van der Waals surface area contributed by atoms with E-state index in [0.29, 0.717) is 17.2 Å². The maximum absolute atomic E-state index is 8.93. The minimum absolute atomic E-state index is 0.492. The van der Waals surface area contributed by atoms with Gasteiger partial charge in [0.15, 0.2) is 0 Å². The van der Waals surface area contributed by atoms with Crippen molar-refractivity contribution in [3.63, 3.8) is 0 Å². The number of hydrogen-bond acceptors (Lipinski definition) is 3. The monoisotopic (exact) mass is 224 g/mol. The third kappa shape index (κ3) is 1.76. The topological polar surface area (TPSA) is 67.6 Å². The Morgan fingerprint density at radius 1 is 1.35 bits per heavy atom. The number of anilines is 1. The van der Waals surface area contributed by atoms with E-state index in [1.54, 1.807) is 16.8 Å². The lowest BCUT2D eigenvalue weighted by Gasteiger charge is -2.03. The van der Waals surface area contributed by atoms with Gasteiger partial charge in [-0.25, -0.2) is 4.68 Å². The molecule has 0 radical (unpaired) electrons. The molecular weight excluding hydrogens is 212 g/mol. The minimum Gasteiger partial charge on any atom is -0.398 e. The smallest absolute Gasteiger partial charge is 0.101 e. The molecule has 1 aromatic heterocycles. The zero-order valence-electron chi connectivity index (χ0n) is 9.30. The molecule has 0 unspecified atom stereocenters. The summed E-state index contributed by atoms with van der Waals surface area (Å²) in [5.74, 6) is 0.639. The molecule has 1 aliphatic rings. The largest absolute Gasteiger partial charge is 0.398 e. The lowest BCUT2D eigenvalue weighted by Crippen LogP contribution is -1.98. The van der Waals surface area contributed by atoms with Crippen LogP contribution in [0.1, 0.15) is 30.0 Å². The summed E-state index contributed by atoms with van der Waals surface area (Å²) in [7, 11) is 0. The zero-order chi connectivity index (χ0) is 11.8. The number of nitriles is 1. The first-order valence-electron chi connectivity index (χ1n) is 5.63. The van der Waals surface area contributed by atoms with E-state index < -0.39 is 0 Å². The zero-order valence-corrected chi connectivity index (χ0v) is 9.30. The molecule has 3 rings (SSSR count). The van der Waals surface area contributed by atoms with Crippen molar-refractivity contribution >= 4 is 5.69 Å². The molecule has 4 nitrogen and oxygen atoms in total. The van der Waals surface area contributed by atoms with E-state index in [1.165, 1.54) is 12.8 Å². The van der Waals surface area contributed by atoms with Crippen molar-refractivity contribution in [2.75, 3.05) is 5.73 Å². The van der Waals surface area contributed by atoms with Crippen LogP contribution in [0.15, 0.2) is 30.5 Å². The lowest BCUT2D eigenvalue weighted by molar-refractivity contribution is 0.837. The Balaban J connectivity index is 1.99. The summed E-state index contributed by atoms with van der Waals surface area (Å²) < 4.78 is 1.80. The minimum atomic E-state index is 0.492. The van der Waals surface area contributed by atoms with Gasteiger partial charge in [-0.3, -0.25) is 0 Å². The van der Waals surface area contributed by atoms with Crippen molar-refractivity contribution < 1.29 is 0 Å². The second kappa shape index (κ2) is 3.63. The van der Waals surface area contributed by atoms with E-state index in [2.05, 4.69) is 11.2 Å². The van der Waals surface area contributed by atoms with Crippen molar-refractivity contribution in [1.29, 1.82) is 5.26 Å². The van der Waals surface area contributed by atoms with Crippen LogP contribution in [0.25, 0.3) is 5.69 Å². The van der Waals surface area contributed by atoms with Crippen LogP contribution in [0.2, 0.25) is 0 Å². The van der Waals surface area contributed by atoms with Gasteiger partial charge in [-0.15, -0.1) is 0 Å². The molecule has 17 heavy (non-hydrogen) atoms. The van der Waals surface area contributed by atoms with Gasteiger partial charge < -0.3 is 5.73 Å².